The summed E-state index contributed by atoms with van der Waals surface area (Å²) in [6.45, 7) is 4.74. The number of piperazine rings is 1. The molecule has 5 nitrogen and oxygen atoms in total. The Bertz CT molecular complexity index is 727. The summed E-state index contributed by atoms with van der Waals surface area (Å²) in [6.07, 6.45) is 0.272. The number of carbonyl (C=O) groups is 1. The van der Waals surface area contributed by atoms with E-state index in [0.717, 1.165) is 31.9 Å². The van der Waals surface area contributed by atoms with E-state index in [1.54, 1.807) is 18.2 Å². The Labute approximate surface area is 153 Å². The molecule has 0 radical (unpaired) electrons. The highest BCUT2D eigenvalue weighted by molar-refractivity contribution is 5.91. The van der Waals surface area contributed by atoms with Crippen molar-refractivity contribution in [3.05, 3.63) is 54.3 Å². The van der Waals surface area contributed by atoms with Crippen LogP contribution in [0.25, 0.3) is 0 Å². The Morgan fingerprint density at radius 1 is 1.04 bits per heavy atom. The van der Waals surface area contributed by atoms with E-state index < -0.39 is 5.82 Å². The zero-order valence-electron chi connectivity index (χ0n) is 15.0. The second kappa shape index (κ2) is 8.67. The van der Waals surface area contributed by atoms with Gasteiger partial charge in [-0.15, -0.1) is 0 Å². The molecule has 6 heteroatoms. The lowest BCUT2D eigenvalue weighted by atomic mass is 10.2. The number of para-hydroxylation sites is 1. The van der Waals surface area contributed by atoms with Crippen molar-refractivity contribution in [1.82, 2.24) is 4.90 Å². The molecule has 0 atom stereocenters. The predicted molar refractivity (Wildman–Crippen MR) is 104 cm³/mol. The Balaban J connectivity index is 1.43. The Morgan fingerprint density at radius 2 is 1.73 bits per heavy atom. The number of hydrogen-bond acceptors (Lipinski definition) is 4. The minimum atomic E-state index is -0.423. The van der Waals surface area contributed by atoms with E-state index >= 15 is 0 Å². The summed E-state index contributed by atoms with van der Waals surface area (Å²) in [5.74, 6) is -0.634. The minimum Gasteiger partial charge on any atom is -0.385 e. The van der Waals surface area contributed by atoms with E-state index in [-0.39, 0.29) is 18.0 Å². The van der Waals surface area contributed by atoms with Crippen molar-refractivity contribution in [2.75, 3.05) is 55.3 Å². The van der Waals surface area contributed by atoms with Crippen LogP contribution in [0, 0.1) is 5.82 Å². The number of amides is 1. The fourth-order valence-electron chi connectivity index (χ4n) is 2.95. The van der Waals surface area contributed by atoms with Gasteiger partial charge in [-0.05, 0) is 43.4 Å². The van der Waals surface area contributed by atoms with E-state index in [1.807, 2.05) is 12.1 Å². The van der Waals surface area contributed by atoms with Gasteiger partial charge >= 0.3 is 0 Å². The van der Waals surface area contributed by atoms with E-state index in [4.69, 9.17) is 0 Å². The van der Waals surface area contributed by atoms with Crippen LogP contribution >= 0.6 is 0 Å². The quantitative estimate of drug-likeness (QED) is 0.835. The molecule has 3 rings (SSSR count). The van der Waals surface area contributed by atoms with Crippen molar-refractivity contribution in [3.8, 4) is 0 Å². The zero-order chi connectivity index (χ0) is 18.4. The third-order valence-electron chi connectivity index (χ3n) is 4.56. The number of halogens is 1. The lowest BCUT2D eigenvalue weighted by Gasteiger charge is -2.34. The first kappa shape index (κ1) is 18.2. The van der Waals surface area contributed by atoms with Crippen LogP contribution in [0.15, 0.2) is 48.5 Å². The molecular formula is C20H25FN4O. The fraction of sp³-hybridized carbons (Fsp3) is 0.350. The molecule has 0 bridgehead atoms. The van der Waals surface area contributed by atoms with Gasteiger partial charge in [-0.3, -0.25) is 4.79 Å². The second-order valence-electron chi connectivity index (χ2n) is 6.54. The van der Waals surface area contributed by atoms with Gasteiger partial charge in [0.2, 0.25) is 5.91 Å². The third kappa shape index (κ3) is 4.95. The number of anilines is 3. The summed E-state index contributed by atoms with van der Waals surface area (Å²) in [7, 11) is 2.15. The number of rotatable bonds is 6. The molecule has 1 heterocycles. The first-order valence-electron chi connectivity index (χ1n) is 8.93. The molecule has 0 spiro atoms. The average molecular weight is 356 g/mol. The van der Waals surface area contributed by atoms with Crippen LogP contribution in [-0.4, -0.2) is 50.6 Å². The van der Waals surface area contributed by atoms with Gasteiger partial charge in [-0.2, -0.15) is 0 Å². The van der Waals surface area contributed by atoms with Crippen molar-refractivity contribution in [2.45, 2.75) is 6.42 Å². The molecule has 0 saturated carbocycles. The van der Waals surface area contributed by atoms with Gasteiger partial charge in [-0.25, -0.2) is 4.39 Å². The van der Waals surface area contributed by atoms with Crippen molar-refractivity contribution in [1.29, 1.82) is 0 Å². The molecule has 26 heavy (non-hydrogen) atoms. The summed E-state index contributed by atoms with van der Waals surface area (Å²) in [5.41, 5.74) is 2.41. The van der Waals surface area contributed by atoms with E-state index in [9.17, 15) is 9.18 Å². The van der Waals surface area contributed by atoms with Crippen LogP contribution in [0.4, 0.5) is 21.5 Å². The van der Waals surface area contributed by atoms with E-state index in [1.165, 1.54) is 11.8 Å². The topological polar surface area (TPSA) is 47.6 Å². The highest BCUT2D eigenvalue weighted by atomic mass is 19.1. The average Bonchev–Trinajstić information content (AvgIpc) is 2.65. The first-order valence-corrected chi connectivity index (χ1v) is 8.93. The molecule has 0 unspecified atom stereocenters. The fourth-order valence-corrected chi connectivity index (χ4v) is 2.95. The van der Waals surface area contributed by atoms with Gasteiger partial charge < -0.3 is 20.4 Å². The van der Waals surface area contributed by atoms with Gasteiger partial charge in [-0.1, -0.05) is 12.1 Å². The maximum atomic E-state index is 13.5. The number of nitrogens with zero attached hydrogens (tertiary/aromatic N) is 2. The summed E-state index contributed by atoms with van der Waals surface area (Å²) in [5, 5.41) is 5.82. The lowest BCUT2D eigenvalue weighted by molar-refractivity contribution is -0.116. The van der Waals surface area contributed by atoms with Crippen LogP contribution in [-0.2, 0) is 4.79 Å². The maximum absolute atomic E-state index is 13.5. The molecule has 0 aromatic heterocycles. The van der Waals surface area contributed by atoms with Crippen molar-refractivity contribution in [3.63, 3.8) is 0 Å². The second-order valence-corrected chi connectivity index (χ2v) is 6.54. The third-order valence-corrected chi connectivity index (χ3v) is 4.56. The molecule has 2 aromatic carbocycles. The normalized spacial score (nSPS) is 14.9. The smallest absolute Gasteiger partial charge is 0.226 e. The molecule has 1 fully saturated rings. The summed E-state index contributed by atoms with van der Waals surface area (Å²) >= 11 is 0. The van der Waals surface area contributed by atoms with Gasteiger partial charge in [0.15, 0.2) is 0 Å². The zero-order valence-corrected chi connectivity index (χ0v) is 15.0. The molecule has 138 valence electrons. The number of carbonyl (C=O) groups excluding carboxylic acids is 1. The Kier molecular flexibility index (Phi) is 6.07. The number of benzene rings is 2. The van der Waals surface area contributed by atoms with Crippen LogP contribution in [0.5, 0.6) is 0 Å². The SMILES string of the molecule is CN1CCN(c2ccc(NCCC(=O)Nc3ccccc3F)cc2)CC1. The molecular weight excluding hydrogens is 331 g/mol. The molecule has 1 aliphatic rings. The molecule has 2 N–H and O–H groups in total. The molecule has 0 aliphatic carbocycles. The number of hydrogen-bond donors (Lipinski definition) is 2. The summed E-state index contributed by atoms with van der Waals surface area (Å²) < 4.78 is 13.5. The minimum absolute atomic E-state index is 0.211. The van der Waals surface area contributed by atoms with Crippen molar-refractivity contribution < 1.29 is 9.18 Å². The van der Waals surface area contributed by atoms with Crippen molar-refractivity contribution in [2.24, 2.45) is 0 Å². The van der Waals surface area contributed by atoms with Crippen LogP contribution in [0.3, 0.4) is 0 Å². The monoisotopic (exact) mass is 356 g/mol. The number of likely N-dealkylation sites (N-methyl/N-ethyl adjacent to an activating group) is 1. The van der Waals surface area contributed by atoms with E-state index in [0.29, 0.717) is 6.54 Å². The molecule has 1 aliphatic heterocycles. The molecule has 2 aromatic rings. The predicted octanol–water partition coefficient (Wildman–Crippen LogP) is 3.02. The molecule has 1 saturated heterocycles. The van der Waals surface area contributed by atoms with Crippen molar-refractivity contribution >= 4 is 23.0 Å². The summed E-state index contributed by atoms with van der Waals surface area (Å²) in [4.78, 5) is 16.6. The highest BCUT2D eigenvalue weighted by Gasteiger charge is 2.14. The lowest BCUT2D eigenvalue weighted by Crippen LogP contribution is -2.44. The van der Waals surface area contributed by atoms with Gasteiger partial charge in [0, 0.05) is 50.5 Å². The first-order chi connectivity index (χ1) is 12.6. The maximum Gasteiger partial charge on any atom is 0.226 e. The van der Waals surface area contributed by atoms with Gasteiger partial charge in [0.1, 0.15) is 5.82 Å². The largest absolute Gasteiger partial charge is 0.385 e. The van der Waals surface area contributed by atoms with Gasteiger partial charge in [0.25, 0.3) is 0 Å². The number of nitrogens with one attached hydrogen (secondary N) is 2. The molecule has 1 amide bonds. The summed E-state index contributed by atoms with van der Waals surface area (Å²) in [6, 6.07) is 14.4. The van der Waals surface area contributed by atoms with Crippen LogP contribution in [0.1, 0.15) is 6.42 Å². The standard InChI is InChI=1S/C20H25FN4O/c1-24-12-14-25(15-13-24)17-8-6-16(7-9-17)22-11-10-20(26)23-19-5-3-2-4-18(19)21/h2-9,22H,10-15H2,1H3,(H,23,26). The van der Waals surface area contributed by atoms with Crippen LogP contribution < -0.4 is 15.5 Å². The van der Waals surface area contributed by atoms with E-state index in [2.05, 4.69) is 39.6 Å². The van der Waals surface area contributed by atoms with Crippen LogP contribution in [0.2, 0.25) is 0 Å². The Hall–Kier alpha value is -2.60. The van der Waals surface area contributed by atoms with Gasteiger partial charge in [0.05, 0.1) is 5.69 Å². The highest BCUT2D eigenvalue weighted by Crippen LogP contribution is 2.19. The Morgan fingerprint density at radius 3 is 2.42 bits per heavy atom.